The lowest BCUT2D eigenvalue weighted by molar-refractivity contribution is 1.41. The van der Waals surface area contributed by atoms with Crippen molar-refractivity contribution in [1.82, 2.24) is 4.98 Å². The molecule has 0 aliphatic rings. The zero-order valence-electron chi connectivity index (χ0n) is 8.33. The van der Waals surface area contributed by atoms with Gasteiger partial charge in [0.05, 0.1) is 0 Å². The van der Waals surface area contributed by atoms with Crippen molar-refractivity contribution in [3.63, 3.8) is 0 Å². The SMILES string of the molecule is S=c1[nH]c2ccccc2c2ccc(Cl)cc12. The van der Waals surface area contributed by atoms with Gasteiger partial charge in [0.1, 0.15) is 4.64 Å². The molecule has 3 heteroatoms. The van der Waals surface area contributed by atoms with E-state index < -0.39 is 0 Å². The van der Waals surface area contributed by atoms with Crippen LogP contribution < -0.4 is 0 Å². The number of hydrogen-bond acceptors (Lipinski definition) is 1. The third-order valence-electron chi connectivity index (χ3n) is 2.69. The lowest BCUT2D eigenvalue weighted by Gasteiger charge is -2.04. The molecule has 3 aromatic rings. The van der Waals surface area contributed by atoms with Gasteiger partial charge in [-0.05, 0) is 23.6 Å². The summed E-state index contributed by atoms with van der Waals surface area (Å²) in [5, 5.41) is 4.02. The molecular formula is C13H8ClNS. The number of hydrogen-bond donors (Lipinski definition) is 1. The van der Waals surface area contributed by atoms with Crippen LogP contribution in [0.3, 0.4) is 0 Å². The first kappa shape index (κ1) is 9.82. The van der Waals surface area contributed by atoms with E-state index in [1.54, 1.807) is 0 Å². The molecule has 0 fully saturated rings. The van der Waals surface area contributed by atoms with Crippen LogP contribution in [0.4, 0.5) is 0 Å². The molecule has 0 radical (unpaired) electrons. The molecule has 0 saturated heterocycles. The Morgan fingerprint density at radius 1 is 0.938 bits per heavy atom. The molecule has 78 valence electrons. The molecule has 1 N–H and O–H groups in total. The van der Waals surface area contributed by atoms with Crippen LogP contribution >= 0.6 is 23.8 Å². The summed E-state index contributed by atoms with van der Waals surface area (Å²) in [6, 6.07) is 13.9. The van der Waals surface area contributed by atoms with Crippen LogP contribution in [0, 0.1) is 4.64 Å². The Labute approximate surface area is 103 Å². The molecule has 2 aromatic carbocycles. The van der Waals surface area contributed by atoms with Crippen LogP contribution in [0.15, 0.2) is 42.5 Å². The summed E-state index contributed by atoms with van der Waals surface area (Å²) in [6.45, 7) is 0. The maximum atomic E-state index is 5.98. The smallest absolute Gasteiger partial charge is 0.111 e. The summed E-state index contributed by atoms with van der Waals surface area (Å²) in [4.78, 5) is 3.22. The van der Waals surface area contributed by atoms with Crippen molar-refractivity contribution in [2.45, 2.75) is 0 Å². The first-order valence-corrected chi connectivity index (χ1v) is 5.74. The second-order valence-corrected chi connectivity index (χ2v) is 4.53. The fourth-order valence-corrected chi connectivity index (χ4v) is 2.41. The number of para-hydroxylation sites is 1. The highest BCUT2D eigenvalue weighted by molar-refractivity contribution is 7.71. The fraction of sp³-hybridized carbons (Fsp3) is 0. The second kappa shape index (κ2) is 3.58. The largest absolute Gasteiger partial charge is 0.346 e. The molecule has 0 spiro atoms. The van der Waals surface area contributed by atoms with Crippen molar-refractivity contribution < 1.29 is 0 Å². The van der Waals surface area contributed by atoms with E-state index in [-0.39, 0.29) is 0 Å². The molecule has 1 heterocycles. The summed E-state index contributed by atoms with van der Waals surface area (Å²) < 4.78 is 0.733. The molecular weight excluding hydrogens is 238 g/mol. The third kappa shape index (κ3) is 1.42. The third-order valence-corrected chi connectivity index (χ3v) is 3.25. The first-order valence-electron chi connectivity index (χ1n) is 4.96. The quantitative estimate of drug-likeness (QED) is 0.448. The first-order chi connectivity index (χ1) is 7.75. The monoisotopic (exact) mass is 245 g/mol. The lowest BCUT2D eigenvalue weighted by atomic mass is 10.1. The average Bonchev–Trinajstić information content (AvgIpc) is 2.29. The van der Waals surface area contributed by atoms with E-state index in [2.05, 4.69) is 11.1 Å². The maximum Gasteiger partial charge on any atom is 0.111 e. The number of H-pyrrole nitrogens is 1. The fourth-order valence-electron chi connectivity index (χ4n) is 1.96. The topological polar surface area (TPSA) is 15.8 Å². The summed E-state index contributed by atoms with van der Waals surface area (Å²) in [5.74, 6) is 0. The van der Waals surface area contributed by atoms with Crippen molar-refractivity contribution in [3.8, 4) is 0 Å². The van der Waals surface area contributed by atoms with Gasteiger partial charge in [0, 0.05) is 21.3 Å². The van der Waals surface area contributed by atoms with E-state index in [0.717, 1.165) is 20.9 Å². The standard InChI is InChI=1S/C13H8ClNS/c14-8-5-6-9-10-3-1-2-4-12(10)15-13(16)11(9)7-8/h1-7H,(H,15,16). The number of nitrogens with one attached hydrogen (secondary N) is 1. The van der Waals surface area contributed by atoms with Gasteiger partial charge < -0.3 is 4.98 Å². The van der Waals surface area contributed by atoms with Crippen LogP contribution in [0.2, 0.25) is 5.02 Å². The van der Waals surface area contributed by atoms with Crippen molar-refractivity contribution in [2.75, 3.05) is 0 Å². The van der Waals surface area contributed by atoms with Crippen molar-refractivity contribution in [2.24, 2.45) is 0 Å². The lowest BCUT2D eigenvalue weighted by Crippen LogP contribution is -1.83. The van der Waals surface area contributed by atoms with Gasteiger partial charge >= 0.3 is 0 Å². The molecule has 0 unspecified atom stereocenters. The number of halogens is 1. The number of fused-ring (bicyclic) bond motifs is 3. The summed E-state index contributed by atoms with van der Waals surface area (Å²) >= 11 is 11.3. The van der Waals surface area contributed by atoms with E-state index in [9.17, 15) is 0 Å². The number of aromatic nitrogens is 1. The van der Waals surface area contributed by atoms with Gasteiger partial charge in [-0.1, -0.05) is 48.1 Å². The van der Waals surface area contributed by atoms with Crippen LogP contribution in [0.5, 0.6) is 0 Å². The molecule has 0 saturated carbocycles. The highest BCUT2D eigenvalue weighted by Crippen LogP contribution is 2.26. The molecule has 0 atom stereocenters. The van der Waals surface area contributed by atoms with Gasteiger partial charge in [-0.2, -0.15) is 0 Å². The molecule has 0 bridgehead atoms. The Morgan fingerprint density at radius 2 is 1.75 bits per heavy atom. The Bertz CT molecular complexity index is 746. The number of benzene rings is 2. The molecule has 16 heavy (non-hydrogen) atoms. The van der Waals surface area contributed by atoms with E-state index in [1.807, 2.05) is 36.4 Å². The molecule has 1 nitrogen and oxygen atoms in total. The zero-order chi connectivity index (χ0) is 11.1. The molecule has 0 aliphatic heterocycles. The van der Waals surface area contributed by atoms with E-state index in [0.29, 0.717) is 5.02 Å². The second-order valence-electron chi connectivity index (χ2n) is 3.69. The summed E-state index contributed by atoms with van der Waals surface area (Å²) in [5.41, 5.74) is 1.06. The van der Waals surface area contributed by atoms with Crippen LogP contribution in [0.1, 0.15) is 0 Å². The molecule has 3 rings (SSSR count). The van der Waals surface area contributed by atoms with E-state index in [4.69, 9.17) is 23.8 Å². The Morgan fingerprint density at radius 3 is 2.62 bits per heavy atom. The minimum Gasteiger partial charge on any atom is -0.346 e. The van der Waals surface area contributed by atoms with Crippen molar-refractivity contribution in [1.29, 1.82) is 0 Å². The van der Waals surface area contributed by atoms with Crippen molar-refractivity contribution in [3.05, 3.63) is 52.1 Å². The maximum absolute atomic E-state index is 5.98. The highest BCUT2D eigenvalue weighted by Gasteiger charge is 2.02. The Balaban J connectivity index is 2.65. The highest BCUT2D eigenvalue weighted by atomic mass is 35.5. The average molecular weight is 246 g/mol. The predicted molar refractivity (Wildman–Crippen MR) is 71.6 cm³/mol. The molecule has 1 aromatic heterocycles. The normalized spacial score (nSPS) is 11.1. The summed E-state index contributed by atoms with van der Waals surface area (Å²) in [6.07, 6.45) is 0. The number of rotatable bonds is 0. The molecule has 0 aliphatic carbocycles. The number of pyridine rings is 1. The van der Waals surface area contributed by atoms with Gasteiger partial charge in [0.15, 0.2) is 0 Å². The Hall–Kier alpha value is -1.38. The minimum atomic E-state index is 0.710. The number of aromatic amines is 1. The van der Waals surface area contributed by atoms with E-state index >= 15 is 0 Å². The Kier molecular flexibility index (Phi) is 2.20. The zero-order valence-corrected chi connectivity index (χ0v) is 9.90. The molecule has 0 amide bonds. The van der Waals surface area contributed by atoms with Gasteiger partial charge in [-0.15, -0.1) is 0 Å². The summed E-state index contributed by atoms with van der Waals surface area (Å²) in [7, 11) is 0. The predicted octanol–water partition coefficient (Wildman–Crippen LogP) is 4.70. The van der Waals surface area contributed by atoms with Gasteiger partial charge in [-0.25, -0.2) is 0 Å². The van der Waals surface area contributed by atoms with Gasteiger partial charge in [0.2, 0.25) is 0 Å². The van der Waals surface area contributed by atoms with Crippen LogP contribution in [0.25, 0.3) is 21.7 Å². The van der Waals surface area contributed by atoms with Crippen molar-refractivity contribution >= 4 is 45.5 Å². The van der Waals surface area contributed by atoms with Crippen LogP contribution in [-0.4, -0.2) is 4.98 Å². The van der Waals surface area contributed by atoms with Gasteiger partial charge in [-0.3, -0.25) is 0 Å². The van der Waals surface area contributed by atoms with Crippen LogP contribution in [-0.2, 0) is 0 Å². The van der Waals surface area contributed by atoms with Gasteiger partial charge in [0.25, 0.3) is 0 Å². The minimum absolute atomic E-state index is 0.710. The van der Waals surface area contributed by atoms with E-state index in [1.165, 1.54) is 5.39 Å².